The molecular weight excluding hydrogens is 640 g/mol. The molecule has 1 heterocycles. The molecule has 0 saturated carbocycles. The molecule has 50 heavy (non-hydrogen) atoms. The van der Waals surface area contributed by atoms with Gasteiger partial charge in [-0.2, -0.15) is 0 Å². The fourth-order valence-electron chi connectivity index (χ4n) is 5.26. The highest BCUT2D eigenvalue weighted by Gasteiger charge is 2.38. The minimum atomic E-state index is -1.25. The summed E-state index contributed by atoms with van der Waals surface area (Å²) < 4.78 is 9.95. The summed E-state index contributed by atoms with van der Waals surface area (Å²) in [5.74, 6) is -1.17. The van der Waals surface area contributed by atoms with Gasteiger partial charge in [-0.1, -0.05) is 102 Å². The monoisotopic (exact) mass is 690 g/mol. The Morgan fingerprint density at radius 3 is 2.02 bits per heavy atom. The highest BCUT2D eigenvalue weighted by atomic mass is 16.6. The van der Waals surface area contributed by atoms with E-state index in [2.05, 4.69) is 21.0 Å². The van der Waals surface area contributed by atoms with Crippen LogP contribution in [0.5, 0.6) is 0 Å². The van der Waals surface area contributed by atoms with E-state index in [1.54, 1.807) is 47.7 Å². The zero-order valence-electron chi connectivity index (χ0n) is 29.8. The second-order valence-electron chi connectivity index (χ2n) is 14.3. The van der Waals surface area contributed by atoms with E-state index in [1.165, 1.54) is 12.1 Å². The van der Waals surface area contributed by atoms with Gasteiger partial charge in [0.25, 0.3) is 11.8 Å². The van der Waals surface area contributed by atoms with E-state index in [4.69, 9.17) is 15.2 Å². The average molecular weight is 691 g/mol. The number of carbonyl (C=O) groups is 4. The Labute approximate surface area is 293 Å². The summed E-state index contributed by atoms with van der Waals surface area (Å²) in [7, 11) is 1.21. The molecular formula is C37H50N6O7. The molecule has 6 N–H and O–H groups in total. The minimum Gasteiger partial charge on any atom is -0.453 e. The molecule has 0 radical (unpaired) electrons. The molecule has 270 valence electrons. The molecule has 3 aromatic rings. The summed E-state index contributed by atoms with van der Waals surface area (Å²) in [5.41, 5.74) is 9.98. The zero-order chi connectivity index (χ0) is 37.1. The molecule has 4 unspecified atom stereocenters. The first-order valence-corrected chi connectivity index (χ1v) is 16.4. The number of nitrogens with two attached hydrogens (primary N) is 1. The lowest BCUT2D eigenvalue weighted by Crippen LogP contribution is -2.59. The van der Waals surface area contributed by atoms with E-state index in [-0.39, 0.29) is 19.5 Å². The van der Waals surface area contributed by atoms with Crippen LogP contribution in [0.25, 0.3) is 11.3 Å². The van der Waals surface area contributed by atoms with Crippen LogP contribution in [-0.4, -0.2) is 77.0 Å². The first-order chi connectivity index (χ1) is 23.5. The summed E-state index contributed by atoms with van der Waals surface area (Å²) in [6.07, 6.45) is -2.43. The third-order valence-electron chi connectivity index (χ3n) is 7.89. The maximum Gasteiger partial charge on any atom is 0.407 e. The van der Waals surface area contributed by atoms with Gasteiger partial charge in [-0.25, -0.2) is 14.6 Å². The maximum absolute atomic E-state index is 13.8. The van der Waals surface area contributed by atoms with Gasteiger partial charge in [-0.15, -0.1) is 0 Å². The molecule has 0 saturated heterocycles. The zero-order valence-corrected chi connectivity index (χ0v) is 29.8. The molecule has 0 fully saturated rings. The van der Waals surface area contributed by atoms with Crippen LogP contribution < -0.4 is 21.8 Å². The van der Waals surface area contributed by atoms with Crippen LogP contribution in [0.15, 0.2) is 79.0 Å². The smallest absolute Gasteiger partial charge is 0.407 e. The van der Waals surface area contributed by atoms with Crippen LogP contribution >= 0.6 is 0 Å². The third kappa shape index (κ3) is 12.1. The van der Waals surface area contributed by atoms with Gasteiger partial charge in [0, 0.05) is 30.3 Å². The number of aromatic nitrogens is 1. The largest absolute Gasteiger partial charge is 0.453 e. The molecule has 0 bridgehead atoms. The number of benzene rings is 2. The van der Waals surface area contributed by atoms with Gasteiger partial charge < -0.3 is 30.9 Å². The number of hydrazine groups is 1. The van der Waals surface area contributed by atoms with E-state index in [1.807, 2.05) is 72.8 Å². The molecule has 1 aromatic heterocycles. The fourth-order valence-corrected chi connectivity index (χ4v) is 5.26. The van der Waals surface area contributed by atoms with Crippen LogP contribution in [0, 0.1) is 10.8 Å². The van der Waals surface area contributed by atoms with E-state index in [0.717, 1.165) is 22.4 Å². The van der Waals surface area contributed by atoms with Crippen molar-refractivity contribution in [3.05, 3.63) is 90.1 Å². The summed E-state index contributed by atoms with van der Waals surface area (Å²) in [4.78, 5) is 55.6. The van der Waals surface area contributed by atoms with Gasteiger partial charge in [-0.3, -0.25) is 20.0 Å². The van der Waals surface area contributed by atoms with Crippen molar-refractivity contribution in [1.29, 1.82) is 0 Å². The van der Waals surface area contributed by atoms with Gasteiger partial charge in [-0.05, 0) is 35.1 Å². The maximum atomic E-state index is 13.8. The van der Waals surface area contributed by atoms with Gasteiger partial charge in [0.15, 0.2) is 6.10 Å². The first kappa shape index (κ1) is 39.4. The number of nitrogens with one attached hydrogen (secondary N) is 3. The number of alkyl carbamates (subject to hydrolysis) is 1. The second-order valence-corrected chi connectivity index (χ2v) is 14.3. The quantitative estimate of drug-likeness (QED) is 0.156. The Bertz CT molecular complexity index is 1560. The van der Waals surface area contributed by atoms with Gasteiger partial charge in [0.05, 0.1) is 24.9 Å². The Morgan fingerprint density at radius 2 is 1.48 bits per heavy atom. The number of primary amides is 1. The third-order valence-corrected chi connectivity index (χ3v) is 7.89. The number of amides is 4. The molecule has 4 amide bonds. The standard InChI is InChI=1S/C37H50N6O7/c1-36(2,3)30(41-35(48)49-7)32(45)42-43(22-25-16-18-26(19-17-25)27-15-11-12-20-39-27)23-29(44)28(21-24-13-9-8-10-14-24)40-33(46)31(37(4,5)6)50-34(38)47/h8-20,28-31,44H,21-23H2,1-7H3,(H2,38,47)(H,40,46)(H,41,48)(H,42,45). The lowest BCUT2D eigenvalue weighted by atomic mass is 9.86. The minimum absolute atomic E-state index is 0.141. The van der Waals surface area contributed by atoms with Crippen LogP contribution in [-0.2, 0) is 32.0 Å². The number of rotatable bonds is 14. The van der Waals surface area contributed by atoms with Crippen LogP contribution in [0.4, 0.5) is 9.59 Å². The Kier molecular flexibility index (Phi) is 13.9. The molecule has 13 heteroatoms. The molecule has 2 aromatic carbocycles. The van der Waals surface area contributed by atoms with Crippen LogP contribution in [0.1, 0.15) is 52.7 Å². The number of hydrogen-bond donors (Lipinski definition) is 5. The van der Waals surface area contributed by atoms with Crippen molar-refractivity contribution >= 4 is 24.0 Å². The highest BCUT2D eigenvalue weighted by Crippen LogP contribution is 2.24. The lowest BCUT2D eigenvalue weighted by Gasteiger charge is -2.35. The molecule has 3 rings (SSSR count). The Morgan fingerprint density at radius 1 is 0.840 bits per heavy atom. The van der Waals surface area contributed by atoms with Gasteiger partial charge >= 0.3 is 12.2 Å². The van der Waals surface area contributed by atoms with Crippen molar-refractivity contribution in [2.24, 2.45) is 16.6 Å². The highest BCUT2D eigenvalue weighted by molar-refractivity contribution is 5.86. The van der Waals surface area contributed by atoms with Crippen molar-refractivity contribution in [3.8, 4) is 11.3 Å². The fraction of sp³-hybridized carbons (Fsp3) is 0.432. The number of pyridine rings is 1. The van der Waals surface area contributed by atoms with Crippen molar-refractivity contribution in [2.75, 3.05) is 13.7 Å². The summed E-state index contributed by atoms with van der Waals surface area (Å²) in [6.45, 7) is 10.6. The number of carbonyl (C=O) groups excluding carboxylic acids is 4. The topological polar surface area (TPSA) is 185 Å². The molecule has 0 aliphatic rings. The van der Waals surface area contributed by atoms with Crippen LogP contribution in [0.3, 0.4) is 0 Å². The molecule has 0 aliphatic carbocycles. The predicted molar refractivity (Wildman–Crippen MR) is 189 cm³/mol. The number of hydrogen-bond acceptors (Lipinski definition) is 9. The number of aliphatic hydroxyl groups excluding tert-OH is 1. The number of ether oxygens (including phenoxy) is 2. The van der Waals surface area contributed by atoms with Crippen molar-refractivity contribution in [2.45, 2.75) is 78.8 Å². The first-order valence-electron chi connectivity index (χ1n) is 16.4. The average Bonchev–Trinajstić information content (AvgIpc) is 3.05. The summed E-state index contributed by atoms with van der Waals surface area (Å²) in [5, 5.41) is 18.8. The van der Waals surface area contributed by atoms with Crippen molar-refractivity contribution in [1.82, 2.24) is 26.1 Å². The molecule has 4 atom stereocenters. The number of aliphatic hydroxyl groups is 1. The van der Waals surface area contributed by atoms with Crippen molar-refractivity contribution in [3.63, 3.8) is 0 Å². The van der Waals surface area contributed by atoms with Gasteiger partial charge in [0.1, 0.15) is 6.04 Å². The summed E-state index contributed by atoms with van der Waals surface area (Å²) >= 11 is 0. The molecule has 0 aliphatic heterocycles. The Hall–Kier alpha value is -5.01. The number of methoxy groups -OCH3 is 1. The Balaban J connectivity index is 1.95. The van der Waals surface area contributed by atoms with E-state index in [0.29, 0.717) is 0 Å². The predicted octanol–water partition coefficient (Wildman–Crippen LogP) is 3.95. The second kappa shape index (κ2) is 17.6. The summed E-state index contributed by atoms with van der Waals surface area (Å²) in [6, 6.07) is 20.6. The van der Waals surface area contributed by atoms with Gasteiger partial charge in [0.2, 0.25) is 0 Å². The van der Waals surface area contributed by atoms with E-state index < -0.39 is 59.1 Å². The lowest BCUT2D eigenvalue weighted by molar-refractivity contribution is -0.137. The van der Waals surface area contributed by atoms with Crippen molar-refractivity contribution < 1.29 is 33.8 Å². The van der Waals surface area contributed by atoms with E-state index in [9.17, 15) is 24.3 Å². The molecule has 0 spiro atoms. The van der Waals surface area contributed by atoms with E-state index >= 15 is 0 Å². The van der Waals surface area contributed by atoms with Crippen LogP contribution in [0.2, 0.25) is 0 Å². The SMILES string of the molecule is COC(=O)NC(C(=O)NN(Cc1ccc(-c2ccccn2)cc1)CC(O)C(Cc1ccccc1)NC(=O)C(OC(N)=O)C(C)(C)C)C(C)(C)C. The number of nitrogens with zero attached hydrogens (tertiary/aromatic N) is 2. The molecule has 13 nitrogen and oxygen atoms in total. The normalized spacial score (nSPS) is 14.1.